The number of likely N-dealkylation sites (tertiary alicyclic amines) is 1. The van der Waals surface area contributed by atoms with Crippen LogP contribution in [0.1, 0.15) is 5.56 Å². The van der Waals surface area contributed by atoms with Crippen LogP contribution in [-0.4, -0.2) is 42.6 Å². The molecule has 0 bridgehead atoms. The molecule has 4 heteroatoms. The van der Waals surface area contributed by atoms with Crippen LogP contribution in [0.5, 0.6) is 0 Å². The fourth-order valence-corrected chi connectivity index (χ4v) is 3.60. The average Bonchev–Trinajstić information content (AvgIpc) is 2.92. The van der Waals surface area contributed by atoms with E-state index in [4.69, 9.17) is 5.26 Å². The highest BCUT2D eigenvalue weighted by Crippen LogP contribution is 2.33. The van der Waals surface area contributed by atoms with Gasteiger partial charge in [0.05, 0.1) is 29.2 Å². The molecule has 2 aliphatic rings. The third-order valence-corrected chi connectivity index (χ3v) is 4.90. The molecule has 2 atom stereocenters. The lowest BCUT2D eigenvalue weighted by molar-refractivity contribution is 0.0827. The number of hydrogen-bond acceptors (Lipinski definition) is 4. The molecule has 1 aromatic heterocycles. The van der Waals surface area contributed by atoms with Crippen molar-refractivity contribution in [2.45, 2.75) is 6.04 Å². The molecule has 3 heterocycles. The SMILES string of the molecule is CN1CC2CN(c3ccc(-c4cccc(C#N)c4)nc3)CC21. The normalized spacial score (nSPS) is 23.7. The lowest BCUT2D eigenvalue weighted by Crippen LogP contribution is -2.52. The number of likely N-dealkylation sites (N-methyl/N-ethyl adjacent to an activating group) is 1. The fourth-order valence-electron chi connectivity index (χ4n) is 3.60. The Balaban J connectivity index is 1.55. The van der Waals surface area contributed by atoms with E-state index in [1.165, 1.54) is 12.2 Å². The topological polar surface area (TPSA) is 43.2 Å². The van der Waals surface area contributed by atoms with Crippen molar-refractivity contribution >= 4 is 5.69 Å². The van der Waals surface area contributed by atoms with Crippen LogP contribution in [0.2, 0.25) is 0 Å². The van der Waals surface area contributed by atoms with Crippen molar-refractivity contribution in [3.05, 3.63) is 48.2 Å². The molecule has 2 fully saturated rings. The van der Waals surface area contributed by atoms with Gasteiger partial charge in [0, 0.05) is 37.2 Å². The van der Waals surface area contributed by atoms with Crippen molar-refractivity contribution in [1.29, 1.82) is 5.26 Å². The van der Waals surface area contributed by atoms with Crippen molar-refractivity contribution in [3.63, 3.8) is 0 Å². The molecule has 0 aliphatic carbocycles. The van der Waals surface area contributed by atoms with E-state index in [0.717, 1.165) is 30.3 Å². The van der Waals surface area contributed by atoms with Crippen LogP contribution in [0.4, 0.5) is 5.69 Å². The first-order valence-electron chi connectivity index (χ1n) is 7.66. The van der Waals surface area contributed by atoms with Gasteiger partial charge >= 0.3 is 0 Å². The number of benzene rings is 1. The maximum absolute atomic E-state index is 8.99. The van der Waals surface area contributed by atoms with E-state index in [-0.39, 0.29) is 0 Å². The third-order valence-electron chi connectivity index (χ3n) is 4.90. The summed E-state index contributed by atoms with van der Waals surface area (Å²) in [6, 6.07) is 14.7. The van der Waals surface area contributed by atoms with Gasteiger partial charge in [0.2, 0.25) is 0 Å². The Morgan fingerprint density at radius 1 is 1.18 bits per heavy atom. The van der Waals surface area contributed by atoms with Crippen LogP contribution in [-0.2, 0) is 0 Å². The van der Waals surface area contributed by atoms with Crippen LogP contribution >= 0.6 is 0 Å². The van der Waals surface area contributed by atoms with Crippen LogP contribution < -0.4 is 4.90 Å². The van der Waals surface area contributed by atoms with Gasteiger partial charge in [-0.05, 0) is 31.3 Å². The second kappa shape index (κ2) is 5.11. The largest absolute Gasteiger partial charge is 0.368 e. The van der Waals surface area contributed by atoms with E-state index in [1.807, 2.05) is 30.5 Å². The second-order valence-electron chi connectivity index (χ2n) is 6.27. The Bertz CT molecular complexity index is 731. The summed E-state index contributed by atoms with van der Waals surface area (Å²) in [5, 5.41) is 8.99. The lowest BCUT2D eigenvalue weighted by atomic mass is 9.93. The van der Waals surface area contributed by atoms with Gasteiger partial charge in [-0.2, -0.15) is 5.26 Å². The molecular formula is C18H18N4. The maximum atomic E-state index is 8.99. The monoisotopic (exact) mass is 290 g/mol. The average molecular weight is 290 g/mol. The van der Waals surface area contributed by atoms with Crippen LogP contribution in [0.15, 0.2) is 42.6 Å². The first kappa shape index (κ1) is 13.3. The molecule has 2 unspecified atom stereocenters. The summed E-state index contributed by atoms with van der Waals surface area (Å²) >= 11 is 0. The number of aromatic nitrogens is 1. The Labute approximate surface area is 130 Å². The zero-order chi connectivity index (χ0) is 15.1. The van der Waals surface area contributed by atoms with E-state index in [1.54, 1.807) is 0 Å². The quantitative estimate of drug-likeness (QED) is 0.851. The summed E-state index contributed by atoms with van der Waals surface area (Å²) in [6.07, 6.45) is 1.96. The first-order valence-corrected chi connectivity index (χ1v) is 7.66. The third kappa shape index (κ3) is 2.15. The molecule has 2 aromatic rings. The Hall–Kier alpha value is -2.38. The number of nitrogens with zero attached hydrogens (tertiary/aromatic N) is 4. The smallest absolute Gasteiger partial charge is 0.0991 e. The zero-order valence-electron chi connectivity index (χ0n) is 12.6. The summed E-state index contributed by atoms with van der Waals surface area (Å²) in [5.74, 6) is 0.817. The molecule has 2 aliphatic heterocycles. The molecule has 110 valence electrons. The van der Waals surface area contributed by atoms with Gasteiger partial charge in [0.25, 0.3) is 0 Å². The first-order chi connectivity index (χ1) is 10.7. The van der Waals surface area contributed by atoms with Gasteiger partial charge in [-0.25, -0.2) is 0 Å². The standard InChI is InChI=1S/C18H18N4/c1-21-10-15-11-22(12-18(15)21)16-5-6-17(20-9-16)14-4-2-3-13(7-14)8-19/h2-7,9,15,18H,10-12H2,1H3. The molecule has 0 N–H and O–H groups in total. The molecule has 0 spiro atoms. The van der Waals surface area contributed by atoms with E-state index >= 15 is 0 Å². The van der Waals surface area contributed by atoms with E-state index < -0.39 is 0 Å². The maximum Gasteiger partial charge on any atom is 0.0991 e. The number of rotatable bonds is 2. The number of fused-ring (bicyclic) bond motifs is 1. The van der Waals surface area contributed by atoms with Crippen molar-refractivity contribution in [3.8, 4) is 17.3 Å². The predicted molar refractivity (Wildman–Crippen MR) is 86.5 cm³/mol. The summed E-state index contributed by atoms with van der Waals surface area (Å²) in [4.78, 5) is 9.46. The Morgan fingerprint density at radius 3 is 2.77 bits per heavy atom. The molecular weight excluding hydrogens is 272 g/mol. The van der Waals surface area contributed by atoms with Gasteiger partial charge < -0.3 is 9.80 Å². The highest BCUT2D eigenvalue weighted by molar-refractivity contribution is 5.63. The predicted octanol–water partition coefficient (Wildman–Crippen LogP) is 2.37. The van der Waals surface area contributed by atoms with Gasteiger partial charge in [-0.3, -0.25) is 4.98 Å². The molecule has 1 aromatic carbocycles. The van der Waals surface area contributed by atoms with Crippen molar-refractivity contribution in [2.24, 2.45) is 5.92 Å². The minimum Gasteiger partial charge on any atom is -0.368 e. The molecule has 0 amide bonds. The fraction of sp³-hybridized carbons (Fsp3) is 0.333. The van der Waals surface area contributed by atoms with Crippen molar-refractivity contribution in [1.82, 2.24) is 9.88 Å². The Morgan fingerprint density at radius 2 is 2.09 bits per heavy atom. The highest BCUT2D eigenvalue weighted by atomic mass is 15.3. The molecule has 4 rings (SSSR count). The van der Waals surface area contributed by atoms with Crippen LogP contribution in [0.3, 0.4) is 0 Å². The van der Waals surface area contributed by atoms with E-state index in [2.05, 4.69) is 40.0 Å². The molecule has 0 radical (unpaired) electrons. The minimum absolute atomic E-state index is 0.669. The minimum atomic E-state index is 0.669. The summed E-state index contributed by atoms with van der Waals surface area (Å²) in [6.45, 7) is 3.46. The van der Waals surface area contributed by atoms with Crippen molar-refractivity contribution in [2.75, 3.05) is 31.6 Å². The number of hydrogen-bond donors (Lipinski definition) is 0. The molecule has 2 saturated heterocycles. The highest BCUT2D eigenvalue weighted by Gasteiger charge is 2.43. The molecule has 22 heavy (non-hydrogen) atoms. The van der Waals surface area contributed by atoms with Gasteiger partial charge in [-0.1, -0.05) is 12.1 Å². The lowest BCUT2D eigenvalue weighted by Gasteiger charge is -2.40. The molecule has 4 nitrogen and oxygen atoms in total. The van der Waals surface area contributed by atoms with Gasteiger partial charge in [0.15, 0.2) is 0 Å². The summed E-state index contributed by atoms with van der Waals surface area (Å²) < 4.78 is 0. The zero-order valence-corrected chi connectivity index (χ0v) is 12.6. The Kier molecular flexibility index (Phi) is 3.09. The van der Waals surface area contributed by atoms with Gasteiger partial charge in [-0.15, -0.1) is 0 Å². The summed E-state index contributed by atoms with van der Waals surface area (Å²) in [5.41, 5.74) is 3.78. The second-order valence-corrected chi connectivity index (χ2v) is 6.27. The number of pyridine rings is 1. The van der Waals surface area contributed by atoms with Crippen LogP contribution in [0.25, 0.3) is 11.3 Å². The van der Waals surface area contributed by atoms with E-state index in [0.29, 0.717) is 11.6 Å². The van der Waals surface area contributed by atoms with E-state index in [9.17, 15) is 0 Å². The van der Waals surface area contributed by atoms with Gasteiger partial charge in [0.1, 0.15) is 0 Å². The number of nitriles is 1. The van der Waals surface area contributed by atoms with Crippen LogP contribution in [0, 0.1) is 17.2 Å². The summed E-state index contributed by atoms with van der Waals surface area (Å²) in [7, 11) is 2.20. The van der Waals surface area contributed by atoms with Crippen molar-refractivity contribution < 1.29 is 0 Å². The molecule has 0 saturated carbocycles. The number of anilines is 1.